The third kappa shape index (κ3) is 1.09. The van der Waals surface area contributed by atoms with Gasteiger partial charge < -0.3 is 5.73 Å². The second-order valence-electron chi connectivity index (χ2n) is 2.37. The molecule has 2 N–H and O–H groups in total. The van der Waals surface area contributed by atoms with Crippen LogP contribution in [0.15, 0.2) is 22.9 Å². The Balaban J connectivity index is 2.83. The zero-order chi connectivity index (χ0) is 8.55. The largest absolute Gasteiger partial charge is 0.399 e. The number of benzene rings is 1. The van der Waals surface area contributed by atoms with Crippen LogP contribution in [0.5, 0.6) is 0 Å². The van der Waals surface area contributed by atoms with Crippen molar-refractivity contribution in [3.05, 3.63) is 18.2 Å². The average molecular weight is 195 g/mol. The third-order valence-electron chi connectivity index (χ3n) is 1.58. The van der Waals surface area contributed by atoms with Crippen LogP contribution >= 0.6 is 20.6 Å². The zero-order valence-electron chi connectivity index (χ0n) is 6.11. The summed E-state index contributed by atoms with van der Waals surface area (Å²) in [6.07, 6.45) is 0. The molecular weight excluding hydrogens is 189 g/mol. The van der Waals surface area contributed by atoms with E-state index in [2.05, 4.69) is 18.2 Å². The highest BCUT2D eigenvalue weighted by molar-refractivity contribution is 7.14. The summed E-state index contributed by atoms with van der Waals surface area (Å²) in [7, 11) is 3.06. The molecule has 0 saturated carbocycles. The lowest BCUT2D eigenvalue weighted by Crippen LogP contribution is -1.81. The fourth-order valence-electron chi connectivity index (χ4n) is 1.02. The van der Waals surface area contributed by atoms with E-state index in [9.17, 15) is 0 Å². The van der Waals surface area contributed by atoms with Crippen molar-refractivity contribution in [2.24, 2.45) is 4.74 Å². The molecule has 0 amide bonds. The molecule has 0 fully saturated rings. The van der Waals surface area contributed by atoms with Gasteiger partial charge in [-0.05, 0) is 38.8 Å². The molecule has 0 unspecified atom stereocenters. The first-order valence-electron chi connectivity index (χ1n) is 3.33. The maximum Gasteiger partial charge on any atom is 0.177 e. The van der Waals surface area contributed by atoms with Crippen LogP contribution < -0.4 is 5.73 Å². The van der Waals surface area contributed by atoms with Gasteiger partial charge in [-0.2, -0.15) is 4.37 Å². The van der Waals surface area contributed by atoms with E-state index in [1.165, 1.54) is 11.5 Å². The van der Waals surface area contributed by atoms with Gasteiger partial charge in [0.15, 0.2) is 5.82 Å². The molecule has 12 heavy (non-hydrogen) atoms. The Morgan fingerprint density at radius 1 is 1.50 bits per heavy atom. The highest BCUT2D eigenvalue weighted by atomic mass is 32.1. The lowest BCUT2D eigenvalue weighted by atomic mass is 10.2. The lowest BCUT2D eigenvalue weighted by molar-refractivity contribution is 1.48. The Bertz CT molecular complexity index is 437. The minimum atomic E-state index is 0.693. The van der Waals surface area contributed by atoms with Crippen LogP contribution in [0.4, 0.5) is 11.5 Å². The van der Waals surface area contributed by atoms with Crippen LogP contribution in [0, 0.1) is 0 Å². The van der Waals surface area contributed by atoms with Crippen LogP contribution in [-0.4, -0.2) is 4.37 Å². The van der Waals surface area contributed by atoms with Crippen molar-refractivity contribution >= 4 is 42.2 Å². The second kappa shape index (κ2) is 2.81. The summed E-state index contributed by atoms with van der Waals surface area (Å²) in [6, 6.07) is 5.68. The molecule has 5 heteroatoms. The number of nitrogens with two attached hydrogens (primary N) is 1. The summed E-state index contributed by atoms with van der Waals surface area (Å²) in [6.45, 7) is 0. The number of aromatic nitrogens is 1. The zero-order valence-corrected chi connectivity index (χ0v) is 7.93. The summed E-state index contributed by atoms with van der Waals surface area (Å²) >= 11 is 1.42. The Labute approximate surface area is 75.7 Å². The van der Waals surface area contributed by atoms with Gasteiger partial charge in [-0.1, -0.05) is 0 Å². The molecule has 0 atom stereocenters. The van der Waals surface area contributed by atoms with Gasteiger partial charge in [0.25, 0.3) is 0 Å². The molecule has 0 saturated heterocycles. The Morgan fingerprint density at radius 3 is 3.08 bits per heavy atom. The highest BCUT2D eigenvalue weighted by Crippen LogP contribution is 2.30. The predicted molar refractivity (Wildman–Crippen MR) is 54.4 cm³/mol. The number of anilines is 1. The number of nitrogen functional groups attached to an aromatic ring is 1. The van der Waals surface area contributed by atoms with Gasteiger partial charge in [0.05, 0.1) is 4.70 Å². The quantitative estimate of drug-likeness (QED) is 0.561. The summed E-state index contributed by atoms with van der Waals surface area (Å²) in [5.41, 5.74) is 6.36. The van der Waals surface area contributed by atoms with Crippen molar-refractivity contribution in [3.63, 3.8) is 0 Å². The minimum absolute atomic E-state index is 0.693. The van der Waals surface area contributed by atoms with Gasteiger partial charge in [0.1, 0.15) is 0 Å². The van der Waals surface area contributed by atoms with Crippen LogP contribution in [0.2, 0.25) is 0 Å². The summed E-state index contributed by atoms with van der Waals surface area (Å²) in [5.74, 6) is 0.693. The van der Waals surface area contributed by atoms with E-state index in [0.29, 0.717) is 5.82 Å². The van der Waals surface area contributed by atoms with Crippen molar-refractivity contribution in [2.75, 3.05) is 5.73 Å². The normalized spacial score (nSPS) is 10.3. The highest BCUT2D eigenvalue weighted by Gasteiger charge is 2.03. The molecule has 1 aromatic heterocycles. The summed E-state index contributed by atoms with van der Waals surface area (Å²) in [5, 5.41) is 0.995. The van der Waals surface area contributed by atoms with E-state index in [4.69, 9.17) is 5.73 Å². The minimum Gasteiger partial charge on any atom is -0.399 e. The maximum atomic E-state index is 5.63. The lowest BCUT2D eigenvalue weighted by Gasteiger charge is -1.91. The molecule has 2 aromatic rings. The molecule has 0 aliphatic heterocycles. The number of hydrogen-bond donors (Lipinski definition) is 1. The first kappa shape index (κ1) is 7.65. The standard InChI is InChI=1S/C7H6N3PS/c8-4-1-2-6-5(3-4)7(9-11)10-12-6/h1-3,11H,8H2. The van der Waals surface area contributed by atoms with Gasteiger partial charge in [-0.3, -0.25) is 0 Å². The van der Waals surface area contributed by atoms with Crippen molar-refractivity contribution in [3.8, 4) is 0 Å². The van der Waals surface area contributed by atoms with E-state index in [0.717, 1.165) is 15.8 Å². The fourth-order valence-corrected chi connectivity index (χ4v) is 1.97. The molecule has 0 aliphatic rings. The van der Waals surface area contributed by atoms with Gasteiger partial charge in [-0.15, -0.1) is 0 Å². The molecule has 1 heterocycles. The van der Waals surface area contributed by atoms with Gasteiger partial charge in [-0.25, -0.2) is 4.74 Å². The third-order valence-corrected chi connectivity index (χ3v) is 2.61. The molecule has 0 radical (unpaired) electrons. The number of nitrogens with zero attached hydrogens (tertiary/aromatic N) is 2. The van der Waals surface area contributed by atoms with E-state index >= 15 is 0 Å². The first-order chi connectivity index (χ1) is 5.81. The van der Waals surface area contributed by atoms with Crippen molar-refractivity contribution in [1.82, 2.24) is 4.37 Å². The van der Waals surface area contributed by atoms with Crippen molar-refractivity contribution in [1.29, 1.82) is 0 Å². The Morgan fingerprint density at radius 2 is 2.33 bits per heavy atom. The van der Waals surface area contributed by atoms with Gasteiger partial charge in [0, 0.05) is 11.1 Å². The van der Waals surface area contributed by atoms with E-state index < -0.39 is 0 Å². The first-order valence-corrected chi connectivity index (χ1v) is 4.55. The number of fused-ring (bicyclic) bond motifs is 1. The SMILES string of the molecule is Nc1ccc2snc(N=P)c2c1. The topological polar surface area (TPSA) is 51.3 Å². The van der Waals surface area contributed by atoms with Gasteiger partial charge in [0.2, 0.25) is 0 Å². The Hall–Kier alpha value is -0.990. The fraction of sp³-hybridized carbons (Fsp3) is 0. The van der Waals surface area contributed by atoms with Crippen molar-refractivity contribution in [2.45, 2.75) is 0 Å². The monoisotopic (exact) mass is 195 g/mol. The molecule has 3 nitrogen and oxygen atoms in total. The molecule has 0 spiro atoms. The summed E-state index contributed by atoms with van der Waals surface area (Å²) in [4.78, 5) is 0. The Kier molecular flexibility index (Phi) is 1.79. The van der Waals surface area contributed by atoms with Crippen LogP contribution in [0.3, 0.4) is 0 Å². The molecule has 0 aliphatic carbocycles. The van der Waals surface area contributed by atoms with Crippen LogP contribution in [0.25, 0.3) is 10.1 Å². The van der Waals surface area contributed by atoms with E-state index in [1.807, 2.05) is 18.2 Å². The van der Waals surface area contributed by atoms with E-state index in [1.54, 1.807) is 0 Å². The number of rotatable bonds is 1. The number of hydrogen-bond acceptors (Lipinski definition) is 4. The molecular formula is C7H6N3PS. The second-order valence-corrected chi connectivity index (χ2v) is 3.40. The molecule has 60 valence electrons. The van der Waals surface area contributed by atoms with Gasteiger partial charge >= 0.3 is 0 Å². The van der Waals surface area contributed by atoms with Crippen molar-refractivity contribution < 1.29 is 0 Å². The average Bonchev–Trinajstić information content (AvgIpc) is 2.46. The van der Waals surface area contributed by atoms with Crippen LogP contribution in [0.1, 0.15) is 0 Å². The predicted octanol–water partition coefficient (Wildman–Crippen LogP) is 2.84. The molecule has 1 aromatic carbocycles. The molecule has 2 rings (SSSR count). The maximum absolute atomic E-state index is 5.63. The molecule has 0 bridgehead atoms. The smallest absolute Gasteiger partial charge is 0.177 e. The van der Waals surface area contributed by atoms with Crippen LogP contribution in [-0.2, 0) is 0 Å². The summed E-state index contributed by atoms with van der Waals surface area (Å²) < 4.78 is 9.07. The van der Waals surface area contributed by atoms with E-state index in [-0.39, 0.29) is 0 Å².